The van der Waals surface area contributed by atoms with Crippen molar-refractivity contribution in [2.45, 2.75) is 25.3 Å². The van der Waals surface area contributed by atoms with E-state index < -0.39 is 6.09 Å². The highest BCUT2D eigenvalue weighted by atomic mass is 19.1. The molecule has 1 aliphatic heterocycles. The summed E-state index contributed by atoms with van der Waals surface area (Å²) in [5.74, 6) is -0.642. The minimum Gasteiger partial charge on any atom is -0.465 e. The van der Waals surface area contributed by atoms with Gasteiger partial charge in [-0.05, 0) is 49.1 Å². The number of rotatable bonds is 8. The molecule has 0 bridgehead atoms. The monoisotopic (exact) mass is 477 g/mol. The predicted octanol–water partition coefficient (Wildman–Crippen LogP) is 2.61. The minimum absolute atomic E-state index is 0.169. The zero-order valence-corrected chi connectivity index (χ0v) is 18.8. The largest absolute Gasteiger partial charge is 0.465 e. The van der Waals surface area contributed by atoms with E-state index in [0.29, 0.717) is 42.8 Å². The van der Waals surface area contributed by atoms with E-state index in [1.807, 2.05) is 12.1 Å². The second-order valence-electron chi connectivity index (χ2n) is 8.15. The highest BCUT2D eigenvalue weighted by Gasteiger charge is 2.28. The van der Waals surface area contributed by atoms with E-state index in [4.69, 9.17) is 0 Å². The number of nitrogens with zero attached hydrogens (tertiary/aromatic N) is 5. The smallest absolute Gasteiger partial charge is 0.407 e. The molecule has 3 N–H and O–H groups in total. The number of likely N-dealkylation sites (tertiary alicyclic amines) is 1. The lowest BCUT2D eigenvalue weighted by molar-refractivity contribution is 0.0933. The maximum Gasteiger partial charge on any atom is 0.407 e. The molecular formula is C24H24FN7O3. The Balaban J connectivity index is 1.36. The molecule has 0 aliphatic carbocycles. The Bertz CT molecular complexity index is 1250. The highest BCUT2D eigenvalue weighted by Crippen LogP contribution is 2.21. The summed E-state index contributed by atoms with van der Waals surface area (Å²) in [6, 6.07) is 11.4. The molecule has 4 rings (SSSR count). The lowest BCUT2D eigenvalue weighted by Crippen LogP contribution is -2.42. The molecule has 1 atom stereocenters. The molecule has 3 aromatic rings. The van der Waals surface area contributed by atoms with Gasteiger partial charge in [0.25, 0.3) is 5.91 Å². The van der Waals surface area contributed by atoms with Crippen molar-refractivity contribution < 1.29 is 19.1 Å². The summed E-state index contributed by atoms with van der Waals surface area (Å²) in [5, 5.41) is 25.7. The van der Waals surface area contributed by atoms with Gasteiger partial charge >= 0.3 is 6.09 Å². The second kappa shape index (κ2) is 10.6. The van der Waals surface area contributed by atoms with Crippen molar-refractivity contribution in [3.63, 3.8) is 0 Å². The van der Waals surface area contributed by atoms with Crippen molar-refractivity contribution in [3.05, 3.63) is 71.4 Å². The topological polar surface area (TPSA) is 136 Å². The van der Waals surface area contributed by atoms with Crippen molar-refractivity contribution in [2.24, 2.45) is 0 Å². The van der Waals surface area contributed by atoms with Crippen LogP contribution >= 0.6 is 0 Å². The summed E-state index contributed by atoms with van der Waals surface area (Å²) in [6.45, 7) is 1.18. The third-order valence-electron chi connectivity index (χ3n) is 5.82. The molecule has 0 unspecified atom stereocenters. The van der Waals surface area contributed by atoms with Gasteiger partial charge in [-0.15, -0.1) is 5.10 Å². The SMILES string of the molecule is N#Cc1nn(NCCc2cccc(F)c2)cc1-c1ccc(C(=O)NC[C@H]2CCCN2C(=O)O)cn1. The molecule has 10 nitrogen and oxygen atoms in total. The van der Waals surface area contributed by atoms with Gasteiger partial charge in [0.1, 0.15) is 11.9 Å². The van der Waals surface area contributed by atoms with E-state index in [0.717, 1.165) is 12.0 Å². The predicted molar refractivity (Wildman–Crippen MR) is 125 cm³/mol. The number of hydrogen-bond acceptors (Lipinski definition) is 6. The van der Waals surface area contributed by atoms with Crippen LogP contribution in [-0.2, 0) is 6.42 Å². The van der Waals surface area contributed by atoms with E-state index in [2.05, 4.69) is 20.8 Å². The van der Waals surface area contributed by atoms with Crippen LogP contribution in [0.2, 0.25) is 0 Å². The fraction of sp³-hybridized carbons (Fsp3) is 0.292. The second-order valence-corrected chi connectivity index (χ2v) is 8.15. The lowest BCUT2D eigenvalue weighted by Gasteiger charge is -2.21. The van der Waals surface area contributed by atoms with Gasteiger partial charge in [0.2, 0.25) is 0 Å². The summed E-state index contributed by atoms with van der Waals surface area (Å²) in [5.41, 5.74) is 5.37. The maximum atomic E-state index is 13.3. The van der Waals surface area contributed by atoms with E-state index in [1.165, 1.54) is 28.0 Å². The molecule has 0 spiro atoms. The first-order valence-electron chi connectivity index (χ1n) is 11.2. The quantitative estimate of drug-likeness (QED) is 0.454. The molecular weight excluding hydrogens is 453 g/mol. The Morgan fingerprint density at radius 2 is 2.14 bits per heavy atom. The fourth-order valence-corrected chi connectivity index (χ4v) is 4.03. The Morgan fingerprint density at radius 3 is 2.86 bits per heavy atom. The summed E-state index contributed by atoms with van der Waals surface area (Å²) in [7, 11) is 0. The van der Waals surface area contributed by atoms with Crippen LogP contribution in [0.4, 0.5) is 9.18 Å². The van der Waals surface area contributed by atoms with Crippen molar-refractivity contribution in [3.8, 4) is 17.3 Å². The molecule has 0 radical (unpaired) electrons. The first-order valence-corrected chi connectivity index (χ1v) is 11.2. The number of carbonyl (C=O) groups is 2. The van der Waals surface area contributed by atoms with Crippen LogP contribution in [0.3, 0.4) is 0 Å². The van der Waals surface area contributed by atoms with Crippen molar-refractivity contribution in [1.29, 1.82) is 5.26 Å². The van der Waals surface area contributed by atoms with Crippen LogP contribution in [0, 0.1) is 17.1 Å². The third-order valence-corrected chi connectivity index (χ3v) is 5.82. The molecule has 2 aromatic heterocycles. The first-order chi connectivity index (χ1) is 16.9. The van der Waals surface area contributed by atoms with Gasteiger partial charge in [-0.2, -0.15) is 10.1 Å². The van der Waals surface area contributed by atoms with Crippen LogP contribution in [-0.4, -0.2) is 62.6 Å². The number of nitrogens with one attached hydrogen (secondary N) is 2. The summed E-state index contributed by atoms with van der Waals surface area (Å²) in [4.78, 5) is 30.8. The van der Waals surface area contributed by atoms with Crippen LogP contribution < -0.4 is 10.7 Å². The Labute approximate surface area is 201 Å². The van der Waals surface area contributed by atoms with Gasteiger partial charge in [0.15, 0.2) is 5.69 Å². The zero-order valence-electron chi connectivity index (χ0n) is 18.8. The number of pyridine rings is 1. The summed E-state index contributed by atoms with van der Waals surface area (Å²) in [6.07, 6.45) is 4.11. The minimum atomic E-state index is -0.981. The number of aromatic nitrogens is 3. The van der Waals surface area contributed by atoms with E-state index in [1.54, 1.807) is 24.4 Å². The van der Waals surface area contributed by atoms with E-state index in [-0.39, 0.29) is 30.0 Å². The molecule has 1 saturated heterocycles. The summed E-state index contributed by atoms with van der Waals surface area (Å²) < 4.78 is 13.3. The lowest BCUT2D eigenvalue weighted by atomic mass is 10.1. The fourth-order valence-electron chi connectivity index (χ4n) is 4.03. The molecule has 3 heterocycles. The Kier molecular flexibility index (Phi) is 7.21. The van der Waals surface area contributed by atoms with E-state index in [9.17, 15) is 24.3 Å². The average Bonchev–Trinajstić information content (AvgIpc) is 3.50. The van der Waals surface area contributed by atoms with Gasteiger partial charge in [-0.3, -0.25) is 9.78 Å². The molecule has 1 aliphatic rings. The Hall–Kier alpha value is -4.46. The summed E-state index contributed by atoms with van der Waals surface area (Å²) >= 11 is 0. The molecule has 1 fully saturated rings. The van der Waals surface area contributed by atoms with Crippen LogP contribution in [0.25, 0.3) is 11.3 Å². The number of carbonyl (C=O) groups excluding carboxylic acids is 1. The number of benzene rings is 1. The van der Waals surface area contributed by atoms with E-state index >= 15 is 0 Å². The van der Waals surface area contributed by atoms with Gasteiger partial charge in [0.05, 0.1) is 29.1 Å². The maximum absolute atomic E-state index is 13.3. The van der Waals surface area contributed by atoms with Gasteiger partial charge in [-0.25, -0.2) is 9.18 Å². The molecule has 1 aromatic carbocycles. The Morgan fingerprint density at radius 1 is 1.29 bits per heavy atom. The van der Waals surface area contributed by atoms with Crippen molar-refractivity contribution in [1.82, 2.24) is 25.1 Å². The third kappa shape index (κ3) is 5.73. The zero-order chi connectivity index (χ0) is 24.8. The van der Waals surface area contributed by atoms with Gasteiger partial charge in [0, 0.05) is 25.8 Å². The molecule has 180 valence electrons. The van der Waals surface area contributed by atoms with Crippen LogP contribution in [0.15, 0.2) is 48.8 Å². The normalized spacial score (nSPS) is 15.0. The van der Waals surface area contributed by atoms with Crippen LogP contribution in [0.1, 0.15) is 34.5 Å². The van der Waals surface area contributed by atoms with Gasteiger partial charge < -0.3 is 20.7 Å². The number of nitriles is 1. The van der Waals surface area contributed by atoms with Crippen LogP contribution in [0.5, 0.6) is 0 Å². The molecule has 0 saturated carbocycles. The van der Waals surface area contributed by atoms with Crippen molar-refractivity contribution >= 4 is 12.0 Å². The first kappa shape index (κ1) is 23.7. The average molecular weight is 478 g/mol. The number of hydrogen-bond donors (Lipinski definition) is 3. The standard InChI is InChI=1S/C24H24FN7O3/c25-18-4-1-3-16(11-18)8-9-29-32-15-20(22(12-26)30-32)21-7-6-17(13-27-21)23(33)28-14-19-5-2-10-31(19)24(34)35/h1,3-4,6-7,11,13,15,19,29H,2,5,8-10,14H2,(H,28,33)(H,34,35)/t19-/m1/s1. The molecule has 11 heteroatoms. The highest BCUT2D eigenvalue weighted by molar-refractivity contribution is 5.94. The molecule has 35 heavy (non-hydrogen) atoms. The number of amides is 2. The van der Waals surface area contributed by atoms with Gasteiger partial charge in [-0.1, -0.05) is 12.1 Å². The number of carboxylic acid groups (broad SMARTS) is 1. The number of halogens is 1. The van der Waals surface area contributed by atoms with Crippen molar-refractivity contribution in [2.75, 3.05) is 25.1 Å². The molecule has 2 amide bonds.